The molecule has 26 heavy (non-hydrogen) atoms. The van der Waals surface area contributed by atoms with Crippen molar-refractivity contribution in [2.45, 2.75) is 10.3 Å². The number of amides is 1. The fraction of sp³-hybridized carbons (Fsp3) is 0.176. The van der Waals surface area contributed by atoms with E-state index >= 15 is 0 Å². The van der Waals surface area contributed by atoms with Gasteiger partial charge < -0.3 is 5.32 Å². The van der Waals surface area contributed by atoms with Crippen LogP contribution < -0.4 is 5.32 Å². The van der Waals surface area contributed by atoms with Crippen LogP contribution in [-0.2, 0) is 4.79 Å². The number of benzene rings is 2. The summed E-state index contributed by atoms with van der Waals surface area (Å²) in [7, 11) is 0. The summed E-state index contributed by atoms with van der Waals surface area (Å²) in [5.74, 6) is -2.26. The van der Waals surface area contributed by atoms with Crippen molar-refractivity contribution < 1.29 is 14.0 Å². The molecule has 2 aromatic rings. The largest absolute Gasteiger partial charge is 0.326 e. The Morgan fingerprint density at radius 2 is 1.77 bits per heavy atom. The van der Waals surface area contributed by atoms with Gasteiger partial charge in [-0.3, -0.25) is 9.59 Å². The second kappa shape index (κ2) is 7.43. The van der Waals surface area contributed by atoms with Crippen molar-refractivity contribution in [2.24, 2.45) is 5.92 Å². The van der Waals surface area contributed by atoms with Crippen molar-refractivity contribution in [1.82, 2.24) is 0 Å². The Hall–Kier alpha value is -0.600. The summed E-state index contributed by atoms with van der Waals surface area (Å²) in [4.78, 5) is 24.1. The second-order valence-electron chi connectivity index (χ2n) is 5.76. The summed E-state index contributed by atoms with van der Waals surface area (Å²) < 4.78 is 11.8. The number of alkyl halides is 2. The molecule has 0 radical (unpaired) electrons. The Balaban J connectivity index is 1.81. The molecule has 136 valence electrons. The maximum Gasteiger partial charge on any atom is 0.231 e. The van der Waals surface area contributed by atoms with Crippen LogP contribution in [0.15, 0.2) is 36.4 Å². The average Bonchev–Trinajstić information content (AvgIpc) is 3.14. The van der Waals surface area contributed by atoms with E-state index in [1.165, 1.54) is 30.3 Å². The van der Waals surface area contributed by atoms with E-state index in [0.717, 1.165) is 0 Å². The molecular weight excluding hydrogens is 538 g/mol. The van der Waals surface area contributed by atoms with Crippen LogP contribution in [-0.4, -0.2) is 14.0 Å². The van der Waals surface area contributed by atoms with Crippen LogP contribution in [0, 0.1) is 11.7 Å². The summed E-state index contributed by atoms with van der Waals surface area (Å²) >= 11 is 25.9. The SMILES string of the molecule is O=C(I)c1cc(NC(=O)C2C(c3ccc(F)c(Cl)c3)C2(Cl)Cl)ccc1Cl. The second-order valence-corrected chi connectivity index (χ2v) is 9.00. The van der Waals surface area contributed by atoms with Gasteiger partial charge in [-0.05, 0) is 35.9 Å². The molecule has 2 atom stereocenters. The quantitative estimate of drug-likeness (QED) is 0.281. The van der Waals surface area contributed by atoms with Crippen LogP contribution in [0.25, 0.3) is 0 Å². The van der Waals surface area contributed by atoms with E-state index in [9.17, 15) is 14.0 Å². The lowest BCUT2D eigenvalue weighted by Crippen LogP contribution is -2.17. The van der Waals surface area contributed by atoms with Crippen LogP contribution in [0.2, 0.25) is 10.0 Å². The highest BCUT2D eigenvalue weighted by Crippen LogP contribution is 2.65. The zero-order chi connectivity index (χ0) is 19.2. The monoisotopic (exact) mass is 545 g/mol. The van der Waals surface area contributed by atoms with Gasteiger partial charge in [0.05, 0.1) is 16.0 Å². The fourth-order valence-electron chi connectivity index (χ4n) is 2.75. The average molecular weight is 547 g/mol. The molecule has 1 N–H and O–H groups in total. The van der Waals surface area contributed by atoms with Gasteiger partial charge in [-0.25, -0.2) is 4.39 Å². The van der Waals surface area contributed by atoms with E-state index in [1.807, 2.05) is 0 Å². The first-order valence-corrected chi connectivity index (χ1v) is 9.85. The highest BCUT2D eigenvalue weighted by molar-refractivity contribution is 14.1. The fourth-order valence-corrected chi connectivity index (χ4v) is 4.57. The standard InChI is InChI=1S/C17H9Cl4FINO2/c18-10-3-2-8(6-9(10)15(23)25)24-16(26)14-13(17(14,20)21)7-1-4-12(22)11(19)5-7/h1-6,13-14H,(H,24,26). The third-order valence-corrected chi connectivity index (χ3v) is 6.23. The molecule has 1 aliphatic rings. The molecule has 1 amide bonds. The van der Waals surface area contributed by atoms with Gasteiger partial charge in [-0.15, -0.1) is 23.2 Å². The smallest absolute Gasteiger partial charge is 0.231 e. The van der Waals surface area contributed by atoms with Crippen LogP contribution in [0.1, 0.15) is 21.8 Å². The van der Waals surface area contributed by atoms with Crippen LogP contribution in [0.3, 0.4) is 0 Å². The first-order valence-electron chi connectivity index (χ1n) is 7.26. The third kappa shape index (κ3) is 3.83. The molecule has 1 fully saturated rings. The molecule has 2 aromatic carbocycles. The van der Waals surface area contributed by atoms with Crippen molar-refractivity contribution in [3.8, 4) is 0 Å². The first kappa shape index (κ1) is 20.1. The Bertz CT molecular complexity index is 922. The van der Waals surface area contributed by atoms with E-state index in [2.05, 4.69) is 5.32 Å². The Morgan fingerprint density at radius 1 is 1.08 bits per heavy atom. The van der Waals surface area contributed by atoms with Gasteiger partial charge in [0.1, 0.15) is 10.2 Å². The highest BCUT2D eigenvalue weighted by Gasteiger charge is 2.67. The van der Waals surface area contributed by atoms with E-state index < -0.39 is 27.9 Å². The summed E-state index contributed by atoms with van der Waals surface area (Å²) in [6, 6.07) is 8.66. The van der Waals surface area contributed by atoms with Crippen molar-refractivity contribution in [3.63, 3.8) is 0 Å². The minimum Gasteiger partial charge on any atom is -0.326 e. The van der Waals surface area contributed by atoms with Crippen LogP contribution in [0.5, 0.6) is 0 Å². The van der Waals surface area contributed by atoms with E-state index in [4.69, 9.17) is 46.4 Å². The summed E-state index contributed by atoms with van der Waals surface area (Å²) in [6.07, 6.45) is 0. The predicted molar refractivity (Wildman–Crippen MR) is 111 cm³/mol. The number of rotatable bonds is 4. The summed E-state index contributed by atoms with van der Waals surface area (Å²) in [5, 5.41) is 2.90. The summed E-state index contributed by atoms with van der Waals surface area (Å²) in [5.41, 5.74) is 1.25. The zero-order valence-electron chi connectivity index (χ0n) is 12.7. The van der Waals surface area contributed by atoms with Crippen LogP contribution in [0.4, 0.5) is 10.1 Å². The lowest BCUT2D eigenvalue weighted by atomic mass is 10.1. The highest BCUT2D eigenvalue weighted by atomic mass is 127. The number of hydrogen-bond donors (Lipinski definition) is 1. The molecule has 0 saturated heterocycles. The zero-order valence-corrected chi connectivity index (χ0v) is 17.9. The molecule has 0 aliphatic heterocycles. The van der Waals surface area contributed by atoms with Gasteiger partial charge >= 0.3 is 0 Å². The number of nitrogens with one attached hydrogen (secondary N) is 1. The maximum absolute atomic E-state index is 13.3. The number of halogens is 6. The number of anilines is 1. The van der Waals surface area contributed by atoms with Crippen LogP contribution >= 0.6 is 69.0 Å². The number of carbonyl (C=O) groups excluding carboxylic acids is 2. The Labute approximate surface area is 182 Å². The molecule has 2 unspecified atom stereocenters. The molecule has 3 nitrogen and oxygen atoms in total. The number of hydrogen-bond acceptors (Lipinski definition) is 2. The van der Waals surface area contributed by atoms with Gasteiger partial charge in [0, 0.05) is 39.8 Å². The molecular formula is C17H9Cl4FINO2. The minimum absolute atomic E-state index is 0.0689. The molecule has 3 rings (SSSR count). The van der Waals surface area contributed by atoms with Crippen molar-refractivity contribution in [2.75, 3.05) is 5.32 Å². The topological polar surface area (TPSA) is 46.2 Å². The van der Waals surface area contributed by atoms with Crippen molar-refractivity contribution in [3.05, 3.63) is 63.4 Å². The maximum atomic E-state index is 13.3. The third-order valence-electron chi connectivity index (χ3n) is 4.08. The normalized spacial score (nSPS) is 20.5. The van der Waals surface area contributed by atoms with Crippen molar-refractivity contribution >= 4 is 84.4 Å². The van der Waals surface area contributed by atoms with Crippen molar-refractivity contribution in [1.29, 1.82) is 0 Å². The minimum atomic E-state index is -1.33. The lowest BCUT2D eigenvalue weighted by molar-refractivity contribution is -0.117. The van der Waals surface area contributed by atoms with E-state index in [0.29, 0.717) is 11.3 Å². The van der Waals surface area contributed by atoms with Gasteiger partial charge in [0.15, 0.2) is 0 Å². The Kier molecular flexibility index (Phi) is 5.76. The first-order chi connectivity index (χ1) is 12.1. The lowest BCUT2D eigenvalue weighted by Gasteiger charge is -2.07. The molecule has 1 aliphatic carbocycles. The predicted octanol–water partition coefficient (Wildman–Crippen LogP) is 6.23. The summed E-state index contributed by atoms with van der Waals surface area (Å²) in [6.45, 7) is 0. The van der Waals surface area contributed by atoms with Gasteiger partial charge in [0.25, 0.3) is 0 Å². The molecule has 0 aromatic heterocycles. The molecule has 0 spiro atoms. The molecule has 0 heterocycles. The molecule has 0 bridgehead atoms. The van der Waals surface area contributed by atoms with Gasteiger partial charge in [0.2, 0.25) is 9.70 Å². The van der Waals surface area contributed by atoms with Gasteiger partial charge in [-0.2, -0.15) is 0 Å². The van der Waals surface area contributed by atoms with E-state index in [1.54, 1.807) is 28.7 Å². The number of carbonyl (C=O) groups is 2. The van der Waals surface area contributed by atoms with Gasteiger partial charge in [-0.1, -0.05) is 29.3 Å². The molecule has 9 heteroatoms. The van der Waals surface area contributed by atoms with E-state index in [-0.39, 0.29) is 19.4 Å². The Morgan fingerprint density at radius 3 is 2.38 bits per heavy atom. The molecule has 1 saturated carbocycles.